The third-order valence-corrected chi connectivity index (χ3v) is 9.87. The first-order valence-corrected chi connectivity index (χ1v) is 19.5. The van der Waals surface area contributed by atoms with Crippen molar-refractivity contribution in [1.82, 2.24) is 26.6 Å². The topological polar surface area (TPSA) is 237 Å². The zero-order chi connectivity index (χ0) is 42.4. The Kier molecular flexibility index (Phi) is 16.9. The van der Waals surface area contributed by atoms with E-state index in [1.54, 1.807) is 31.2 Å². The maximum atomic E-state index is 14.1. The Balaban J connectivity index is 1.77. The Bertz CT molecular complexity index is 1780. The van der Waals surface area contributed by atoms with Crippen LogP contribution >= 0.6 is 0 Å². The second kappa shape index (κ2) is 21.1. The summed E-state index contributed by atoms with van der Waals surface area (Å²) in [6.45, 7) is 10.4. The number of carboxylic acids is 2. The Morgan fingerprint density at radius 3 is 1.95 bits per heavy atom. The number of hydrogen-bond donors (Lipinski definition) is 7. The lowest BCUT2D eigenvalue weighted by molar-refractivity contribution is -0.142. The van der Waals surface area contributed by atoms with Crippen LogP contribution in [-0.2, 0) is 34.2 Å². The van der Waals surface area contributed by atoms with E-state index >= 15 is 0 Å². The van der Waals surface area contributed by atoms with Crippen molar-refractivity contribution in [3.05, 3.63) is 70.8 Å². The summed E-state index contributed by atoms with van der Waals surface area (Å²) in [4.78, 5) is 104. The van der Waals surface area contributed by atoms with Crippen LogP contribution in [0.25, 0.3) is 0 Å². The molecule has 1 aliphatic carbocycles. The van der Waals surface area contributed by atoms with Gasteiger partial charge < -0.3 is 36.8 Å². The molecule has 1 aliphatic rings. The molecule has 310 valence electrons. The number of aliphatic carboxylic acids is 1. The molecule has 0 heterocycles. The highest BCUT2D eigenvalue weighted by Gasteiger charge is 2.36. The number of nitrogens with one attached hydrogen (secondary N) is 5. The Morgan fingerprint density at radius 1 is 0.772 bits per heavy atom. The van der Waals surface area contributed by atoms with Crippen LogP contribution in [0.15, 0.2) is 48.5 Å². The molecule has 7 N–H and O–H groups in total. The van der Waals surface area contributed by atoms with Crippen LogP contribution in [-0.4, -0.2) is 82.1 Å². The van der Waals surface area contributed by atoms with Gasteiger partial charge in [-0.15, -0.1) is 0 Å². The van der Waals surface area contributed by atoms with Crippen molar-refractivity contribution in [2.75, 3.05) is 6.54 Å². The molecule has 15 nitrogen and oxygen atoms in total. The van der Waals surface area contributed by atoms with Crippen LogP contribution in [0, 0.1) is 11.8 Å². The second-order valence-corrected chi connectivity index (χ2v) is 16.0. The molecule has 2 aromatic rings. The molecule has 57 heavy (non-hydrogen) atoms. The maximum absolute atomic E-state index is 14.1. The van der Waals surface area contributed by atoms with Gasteiger partial charge in [0, 0.05) is 5.56 Å². The summed E-state index contributed by atoms with van der Waals surface area (Å²) in [5.41, 5.74) is 0.478. The van der Waals surface area contributed by atoms with E-state index in [0.29, 0.717) is 30.4 Å². The fourth-order valence-corrected chi connectivity index (χ4v) is 6.75. The molecule has 3 rings (SSSR count). The average Bonchev–Trinajstić information content (AvgIpc) is 3.16. The maximum Gasteiger partial charge on any atom is 0.335 e. The van der Waals surface area contributed by atoms with Gasteiger partial charge in [0.05, 0.1) is 18.2 Å². The van der Waals surface area contributed by atoms with E-state index < -0.39 is 83.4 Å². The van der Waals surface area contributed by atoms with Crippen LogP contribution in [0.3, 0.4) is 0 Å². The van der Waals surface area contributed by atoms with Crippen LogP contribution in [0.4, 0.5) is 0 Å². The smallest absolute Gasteiger partial charge is 0.335 e. The molecule has 15 heteroatoms. The fourth-order valence-electron chi connectivity index (χ4n) is 6.75. The lowest BCUT2D eigenvalue weighted by atomic mass is 9.82. The Morgan fingerprint density at radius 2 is 1.39 bits per heavy atom. The molecule has 0 aliphatic heterocycles. The largest absolute Gasteiger partial charge is 0.479 e. The van der Waals surface area contributed by atoms with Crippen molar-refractivity contribution >= 4 is 47.3 Å². The van der Waals surface area contributed by atoms with E-state index in [-0.39, 0.29) is 35.8 Å². The molecule has 0 aromatic heterocycles. The molecule has 1 saturated carbocycles. The first-order chi connectivity index (χ1) is 26.8. The van der Waals surface area contributed by atoms with Gasteiger partial charge in [-0.25, -0.2) is 9.59 Å². The molecule has 1 fully saturated rings. The van der Waals surface area contributed by atoms with E-state index in [0.717, 1.165) is 19.3 Å². The number of amides is 5. The van der Waals surface area contributed by atoms with Gasteiger partial charge in [0.25, 0.3) is 11.8 Å². The number of carbonyl (C=O) groups is 8. The second-order valence-electron chi connectivity index (χ2n) is 16.0. The van der Waals surface area contributed by atoms with Gasteiger partial charge in [-0.3, -0.25) is 28.8 Å². The lowest BCUT2D eigenvalue weighted by Crippen LogP contribution is -2.58. The molecule has 0 radical (unpaired) electrons. The number of ketones is 1. The molecule has 3 unspecified atom stereocenters. The normalized spacial score (nSPS) is 15.3. The van der Waals surface area contributed by atoms with Gasteiger partial charge in [-0.05, 0) is 72.3 Å². The van der Waals surface area contributed by atoms with Gasteiger partial charge in [-0.1, -0.05) is 97.6 Å². The summed E-state index contributed by atoms with van der Waals surface area (Å²) in [5.74, 6) is -7.91. The van der Waals surface area contributed by atoms with Crippen molar-refractivity contribution in [1.29, 1.82) is 0 Å². The van der Waals surface area contributed by atoms with Crippen molar-refractivity contribution in [2.45, 2.75) is 122 Å². The van der Waals surface area contributed by atoms with Gasteiger partial charge in [0.1, 0.15) is 12.1 Å². The molecule has 0 spiro atoms. The van der Waals surface area contributed by atoms with Crippen molar-refractivity contribution in [2.24, 2.45) is 11.8 Å². The van der Waals surface area contributed by atoms with Crippen LogP contribution < -0.4 is 26.6 Å². The van der Waals surface area contributed by atoms with Crippen molar-refractivity contribution in [3.63, 3.8) is 0 Å². The van der Waals surface area contributed by atoms with Gasteiger partial charge in [0.15, 0.2) is 6.04 Å². The number of carboxylic acid groups (broad SMARTS) is 2. The van der Waals surface area contributed by atoms with E-state index in [9.17, 15) is 48.6 Å². The third kappa shape index (κ3) is 13.8. The fraction of sp³-hybridized carbons (Fsp3) is 0.524. The summed E-state index contributed by atoms with van der Waals surface area (Å²) in [7, 11) is 0. The predicted octanol–water partition coefficient (Wildman–Crippen LogP) is 3.80. The summed E-state index contributed by atoms with van der Waals surface area (Å²) in [5, 5.41) is 32.1. The quantitative estimate of drug-likeness (QED) is 0.102. The molecule has 2 aromatic carbocycles. The zero-order valence-corrected chi connectivity index (χ0v) is 33.6. The highest BCUT2D eigenvalue weighted by molar-refractivity contribution is 6.38. The summed E-state index contributed by atoms with van der Waals surface area (Å²) < 4.78 is 0. The number of rotatable bonds is 19. The minimum absolute atomic E-state index is 0.0638. The van der Waals surface area contributed by atoms with E-state index in [2.05, 4.69) is 26.6 Å². The van der Waals surface area contributed by atoms with E-state index in [4.69, 9.17) is 0 Å². The summed E-state index contributed by atoms with van der Waals surface area (Å²) >= 11 is 0. The molecule has 0 saturated heterocycles. The number of Topliss-reactive ketones (excluding diaryl/α,β-unsaturated/α-hetero) is 1. The number of hydrogen-bond acceptors (Lipinski definition) is 8. The minimum Gasteiger partial charge on any atom is -0.479 e. The van der Waals surface area contributed by atoms with Gasteiger partial charge in [0.2, 0.25) is 23.5 Å². The van der Waals surface area contributed by atoms with E-state index in [1.165, 1.54) is 24.3 Å². The van der Waals surface area contributed by atoms with Crippen LogP contribution in [0.5, 0.6) is 0 Å². The van der Waals surface area contributed by atoms with Gasteiger partial charge >= 0.3 is 11.9 Å². The lowest BCUT2D eigenvalue weighted by Gasteiger charge is -2.32. The monoisotopic (exact) mass is 791 g/mol. The third-order valence-electron chi connectivity index (χ3n) is 9.87. The standard InChI is InChI=1S/C42H57N5O10/c1-7-14-30(35(49)39(53)43-23-32(48)46-34(41(56)57)26-17-12-9-13-18-26)44-37(51)31(19-24(2)3)45-38(52)33(25-15-10-8-11-16-25)47-36(50)27-20-28(40(54)55)22-29(21-27)42(4,5)6/h9,12-13,17-18,20-22,24-25,30-31,33-34H,7-8,10-11,14-16,19,23H2,1-6H3,(H,43,53)(H,44,51)(H,45,52)(H,46,48)(H,47,50)(H,54,55)(H,56,57)/t30?,31-,33?,34?/m0/s1. The van der Waals surface area contributed by atoms with E-state index in [1.807, 2.05) is 34.6 Å². The molecular weight excluding hydrogens is 734 g/mol. The minimum atomic E-state index is -1.39. The zero-order valence-electron chi connectivity index (χ0n) is 33.6. The average molecular weight is 792 g/mol. The summed E-state index contributed by atoms with van der Waals surface area (Å²) in [6.07, 6.45) is 4.53. The number of carbonyl (C=O) groups excluding carboxylic acids is 6. The molecule has 4 atom stereocenters. The molecular formula is C42H57N5O10. The Labute approximate surface area is 333 Å². The number of benzene rings is 2. The van der Waals surface area contributed by atoms with Crippen molar-refractivity contribution < 1.29 is 48.6 Å². The van der Waals surface area contributed by atoms with Crippen LogP contribution in [0.2, 0.25) is 0 Å². The molecule has 0 bridgehead atoms. The predicted molar refractivity (Wildman–Crippen MR) is 211 cm³/mol. The summed E-state index contributed by atoms with van der Waals surface area (Å²) in [6, 6.07) is 7.43. The highest BCUT2D eigenvalue weighted by atomic mass is 16.4. The SMILES string of the molecule is CCCC(NC(=O)[C@H](CC(C)C)NC(=O)C(NC(=O)c1cc(C(=O)O)cc(C(C)(C)C)c1)C1CCCCC1)C(=O)C(=O)NCC(=O)NC(C(=O)O)c1ccccc1. The van der Waals surface area contributed by atoms with Gasteiger partial charge in [-0.2, -0.15) is 0 Å². The first kappa shape index (κ1) is 45.8. The molecule has 5 amide bonds. The first-order valence-electron chi connectivity index (χ1n) is 19.5. The van der Waals surface area contributed by atoms with Crippen molar-refractivity contribution in [3.8, 4) is 0 Å². The Hall–Kier alpha value is -5.60. The van der Waals surface area contributed by atoms with Crippen LogP contribution in [0.1, 0.15) is 131 Å². The highest BCUT2D eigenvalue weighted by Crippen LogP contribution is 2.28. The number of aromatic carboxylic acids is 1.